The number of hydrogen-bond donors (Lipinski definition) is 2. The van der Waals surface area contributed by atoms with Crippen molar-refractivity contribution in [3.8, 4) is 0 Å². The van der Waals surface area contributed by atoms with Crippen LogP contribution in [0.1, 0.15) is 6.23 Å². The number of nitrogen functional groups attached to an aromatic ring is 1. The Hall–Kier alpha value is -1.38. The van der Waals surface area contributed by atoms with Gasteiger partial charge in [0, 0.05) is 5.75 Å². The number of imidazole rings is 1. The SMILES string of the molecule is Nc1ncnc2c1ncn2[C@H]1CSC(CO)O1. The molecule has 0 aliphatic carbocycles. The lowest BCUT2D eigenvalue weighted by Crippen LogP contribution is -2.14. The molecule has 0 amide bonds. The lowest BCUT2D eigenvalue weighted by Gasteiger charge is -2.12. The third kappa shape index (κ3) is 1.74. The van der Waals surface area contributed by atoms with Crippen molar-refractivity contribution < 1.29 is 9.84 Å². The molecule has 0 saturated carbocycles. The number of aliphatic hydroxyl groups excluding tert-OH is 1. The van der Waals surface area contributed by atoms with E-state index in [2.05, 4.69) is 15.0 Å². The Kier molecular flexibility index (Phi) is 2.61. The highest BCUT2D eigenvalue weighted by molar-refractivity contribution is 8.00. The highest BCUT2D eigenvalue weighted by Gasteiger charge is 2.28. The molecule has 0 aromatic carbocycles. The van der Waals surface area contributed by atoms with Crippen molar-refractivity contribution in [2.75, 3.05) is 18.1 Å². The average Bonchev–Trinajstić information content (AvgIpc) is 2.94. The molecule has 17 heavy (non-hydrogen) atoms. The highest BCUT2D eigenvalue weighted by Crippen LogP contribution is 2.33. The topological polar surface area (TPSA) is 99.1 Å². The first kappa shape index (κ1) is 10.8. The summed E-state index contributed by atoms with van der Waals surface area (Å²) in [4.78, 5) is 12.2. The van der Waals surface area contributed by atoms with Gasteiger partial charge in [0.1, 0.15) is 23.5 Å². The number of fused-ring (bicyclic) bond motifs is 1. The number of rotatable bonds is 2. The van der Waals surface area contributed by atoms with Gasteiger partial charge in [-0.3, -0.25) is 4.57 Å². The molecular formula is C9H11N5O2S. The average molecular weight is 253 g/mol. The van der Waals surface area contributed by atoms with Gasteiger partial charge < -0.3 is 15.6 Å². The lowest BCUT2D eigenvalue weighted by molar-refractivity contribution is -0.00190. The zero-order valence-electron chi connectivity index (χ0n) is 8.85. The minimum absolute atomic E-state index is 0.00488. The number of aromatic nitrogens is 4. The van der Waals surface area contributed by atoms with Crippen LogP contribution in [0.25, 0.3) is 11.2 Å². The minimum Gasteiger partial charge on any atom is -0.393 e. The Morgan fingerprint density at radius 3 is 3.18 bits per heavy atom. The van der Waals surface area contributed by atoms with Crippen LogP contribution >= 0.6 is 11.8 Å². The van der Waals surface area contributed by atoms with E-state index in [-0.39, 0.29) is 18.3 Å². The quantitative estimate of drug-likeness (QED) is 0.776. The van der Waals surface area contributed by atoms with Gasteiger partial charge in [0.2, 0.25) is 0 Å². The minimum atomic E-state index is -0.184. The van der Waals surface area contributed by atoms with Gasteiger partial charge >= 0.3 is 0 Å². The first-order chi connectivity index (χ1) is 8.29. The lowest BCUT2D eigenvalue weighted by atomic mass is 10.5. The van der Waals surface area contributed by atoms with Crippen LogP contribution in [0.2, 0.25) is 0 Å². The van der Waals surface area contributed by atoms with Crippen molar-refractivity contribution in [2.45, 2.75) is 11.7 Å². The molecule has 1 aliphatic heterocycles. The van der Waals surface area contributed by atoms with Gasteiger partial charge in [-0.15, -0.1) is 11.8 Å². The molecule has 7 nitrogen and oxygen atoms in total. The number of thioether (sulfide) groups is 1. The molecule has 3 N–H and O–H groups in total. The Morgan fingerprint density at radius 1 is 1.53 bits per heavy atom. The summed E-state index contributed by atoms with van der Waals surface area (Å²) in [5, 5.41) is 9.02. The predicted octanol–water partition coefficient (Wildman–Crippen LogP) is -0.0111. The molecule has 90 valence electrons. The van der Waals surface area contributed by atoms with Gasteiger partial charge in [-0.1, -0.05) is 0 Å². The van der Waals surface area contributed by atoms with Gasteiger partial charge in [-0.25, -0.2) is 15.0 Å². The van der Waals surface area contributed by atoms with E-state index in [9.17, 15) is 0 Å². The van der Waals surface area contributed by atoms with E-state index < -0.39 is 0 Å². The normalized spacial score (nSPS) is 24.5. The molecule has 2 atom stereocenters. The maximum absolute atomic E-state index is 9.02. The number of hydrogen-bond acceptors (Lipinski definition) is 7. The second-order valence-electron chi connectivity index (χ2n) is 3.62. The zero-order chi connectivity index (χ0) is 11.8. The molecule has 2 aromatic rings. The van der Waals surface area contributed by atoms with Crippen LogP contribution in [-0.2, 0) is 4.74 Å². The van der Waals surface area contributed by atoms with E-state index in [1.54, 1.807) is 18.1 Å². The molecule has 3 heterocycles. The molecule has 3 rings (SSSR count). The van der Waals surface area contributed by atoms with Crippen LogP contribution in [-0.4, -0.2) is 42.4 Å². The summed E-state index contributed by atoms with van der Waals surface area (Å²) in [7, 11) is 0. The molecule has 0 bridgehead atoms. The molecular weight excluding hydrogens is 242 g/mol. The third-order valence-electron chi connectivity index (χ3n) is 2.58. The zero-order valence-corrected chi connectivity index (χ0v) is 9.67. The second-order valence-corrected chi connectivity index (χ2v) is 4.81. The molecule has 1 aliphatic rings. The fourth-order valence-corrected chi connectivity index (χ4v) is 2.70. The third-order valence-corrected chi connectivity index (χ3v) is 3.69. The summed E-state index contributed by atoms with van der Waals surface area (Å²) < 4.78 is 7.45. The summed E-state index contributed by atoms with van der Waals surface area (Å²) in [5.74, 6) is 1.11. The first-order valence-electron chi connectivity index (χ1n) is 5.10. The highest BCUT2D eigenvalue weighted by atomic mass is 32.2. The number of nitrogens with two attached hydrogens (primary N) is 1. The van der Waals surface area contributed by atoms with Crippen LogP contribution in [0, 0.1) is 0 Å². The Balaban J connectivity index is 1.99. The number of nitrogens with zero attached hydrogens (tertiary/aromatic N) is 4. The van der Waals surface area contributed by atoms with E-state index >= 15 is 0 Å². The fourth-order valence-electron chi connectivity index (χ4n) is 1.77. The maximum atomic E-state index is 9.02. The van der Waals surface area contributed by atoms with E-state index in [4.69, 9.17) is 15.6 Å². The Labute approximate surface area is 101 Å². The van der Waals surface area contributed by atoms with Crippen LogP contribution in [0.5, 0.6) is 0 Å². The monoisotopic (exact) mass is 253 g/mol. The summed E-state index contributed by atoms with van der Waals surface area (Å²) in [6, 6.07) is 0. The molecule has 0 spiro atoms. The van der Waals surface area contributed by atoms with E-state index in [1.165, 1.54) is 6.33 Å². The van der Waals surface area contributed by atoms with Gasteiger partial charge in [0.15, 0.2) is 11.5 Å². The van der Waals surface area contributed by atoms with E-state index in [0.29, 0.717) is 17.0 Å². The van der Waals surface area contributed by atoms with Crippen molar-refractivity contribution in [3.05, 3.63) is 12.7 Å². The molecule has 0 radical (unpaired) electrons. The van der Waals surface area contributed by atoms with Gasteiger partial charge in [-0.2, -0.15) is 0 Å². The van der Waals surface area contributed by atoms with Crippen LogP contribution in [0.3, 0.4) is 0 Å². The van der Waals surface area contributed by atoms with Crippen molar-refractivity contribution in [1.82, 2.24) is 19.5 Å². The summed E-state index contributed by atoms with van der Waals surface area (Å²) in [6.45, 7) is 0.00488. The van der Waals surface area contributed by atoms with Crippen molar-refractivity contribution in [3.63, 3.8) is 0 Å². The van der Waals surface area contributed by atoms with Gasteiger partial charge in [0.05, 0.1) is 12.9 Å². The molecule has 8 heteroatoms. The van der Waals surface area contributed by atoms with Gasteiger partial charge in [0.25, 0.3) is 0 Å². The summed E-state index contributed by atoms with van der Waals surface area (Å²) >= 11 is 1.57. The second kappa shape index (κ2) is 4.13. The molecule has 1 saturated heterocycles. The van der Waals surface area contributed by atoms with Crippen LogP contribution in [0.15, 0.2) is 12.7 Å². The summed E-state index contributed by atoms with van der Waals surface area (Å²) in [6.07, 6.45) is 2.87. The molecule has 1 fully saturated rings. The Morgan fingerprint density at radius 2 is 2.41 bits per heavy atom. The molecule has 2 aromatic heterocycles. The van der Waals surface area contributed by atoms with Crippen molar-refractivity contribution in [1.29, 1.82) is 0 Å². The fraction of sp³-hybridized carbons (Fsp3) is 0.444. The summed E-state index contributed by atoms with van der Waals surface area (Å²) in [5.41, 5.74) is 6.76. The maximum Gasteiger partial charge on any atom is 0.167 e. The largest absolute Gasteiger partial charge is 0.393 e. The number of anilines is 1. The van der Waals surface area contributed by atoms with E-state index in [1.807, 2.05) is 4.57 Å². The standard InChI is InChI=1S/C9H11N5O2S/c10-8-7-9(12-3-11-8)14(4-13-7)5-2-17-6(1-15)16-5/h3-6,15H,1-2H2,(H2,10,11,12)/t5-,6?/m1/s1. The number of aliphatic hydroxyl groups is 1. The smallest absolute Gasteiger partial charge is 0.167 e. The predicted molar refractivity (Wildman–Crippen MR) is 63.2 cm³/mol. The first-order valence-corrected chi connectivity index (χ1v) is 6.15. The van der Waals surface area contributed by atoms with E-state index in [0.717, 1.165) is 5.75 Å². The van der Waals surface area contributed by atoms with Crippen LogP contribution < -0.4 is 5.73 Å². The Bertz CT molecular complexity index is 545. The van der Waals surface area contributed by atoms with Gasteiger partial charge in [-0.05, 0) is 0 Å². The molecule has 1 unspecified atom stereocenters. The van der Waals surface area contributed by atoms with Crippen molar-refractivity contribution >= 4 is 28.7 Å². The number of ether oxygens (including phenoxy) is 1. The van der Waals surface area contributed by atoms with Crippen molar-refractivity contribution in [2.24, 2.45) is 0 Å². The van der Waals surface area contributed by atoms with Crippen LogP contribution in [0.4, 0.5) is 5.82 Å².